The molecule has 3 saturated carbocycles. The van der Waals surface area contributed by atoms with Gasteiger partial charge in [-0.3, -0.25) is 9.59 Å². The van der Waals surface area contributed by atoms with Gasteiger partial charge < -0.3 is 9.47 Å². The predicted molar refractivity (Wildman–Crippen MR) is 101 cm³/mol. The normalized spacial score (nSPS) is 36.5. The summed E-state index contributed by atoms with van der Waals surface area (Å²) in [6, 6.07) is 0. The Hall–Kier alpha value is -0.900. The number of hydrogen-bond donors (Lipinski definition) is 0. The Morgan fingerprint density at radius 2 is 1.46 bits per heavy atom. The van der Waals surface area contributed by atoms with E-state index in [4.69, 9.17) is 9.47 Å². The van der Waals surface area contributed by atoms with Gasteiger partial charge in [-0.15, -0.1) is 0 Å². The number of hydrogen-bond acceptors (Lipinski definition) is 4. The monoisotopic (exact) mass is 364 g/mol. The zero-order chi connectivity index (χ0) is 18.5. The highest BCUT2D eigenvalue weighted by Crippen LogP contribution is 2.41. The van der Waals surface area contributed by atoms with Crippen LogP contribution in [0.25, 0.3) is 0 Å². The molecule has 0 heterocycles. The van der Waals surface area contributed by atoms with Gasteiger partial charge in [-0.25, -0.2) is 0 Å². The Morgan fingerprint density at radius 3 is 2.08 bits per heavy atom. The third kappa shape index (κ3) is 4.88. The second-order valence-electron chi connectivity index (χ2n) is 8.87. The van der Waals surface area contributed by atoms with E-state index in [0.29, 0.717) is 12.0 Å². The van der Waals surface area contributed by atoms with Gasteiger partial charge in [-0.2, -0.15) is 0 Å². The maximum atomic E-state index is 12.6. The summed E-state index contributed by atoms with van der Waals surface area (Å²) in [4.78, 5) is 24.1. The SMILES string of the molecule is COC1CCC(OC(=O)C2CCC(C(C)=O)CC2)CC1C1CCCCC1. The molecule has 3 aliphatic rings. The highest BCUT2D eigenvalue weighted by Gasteiger charge is 2.38. The molecule has 3 unspecified atom stereocenters. The minimum Gasteiger partial charge on any atom is -0.462 e. The van der Waals surface area contributed by atoms with Crippen LogP contribution in [-0.2, 0) is 19.1 Å². The Kier molecular flexibility index (Phi) is 7.13. The number of ether oxygens (including phenoxy) is 2. The summed E-state index contributed by atoms with van der Waals surface area (Å²) < 4.78 is 11.7. The van der Waals surface area contributed by atoms with Gasteiger partial charge in [0.2, 0.25) is 0 Å². The van der Waals surface area contributed by atoms with Crippen molar-refractivity contribution in [2.75, 3.05) is 7.11 Å². The lowest BCUT2D eigenvalue weighted by Crippen LogP contribution is -2.40. The van der Waals surface area contributed by atoms with Crippen molar-refractivity contribution in [1.29, 1.82) is 0 Å². The van der Waals surface area contributed by atoms with Gasteiger partial charge in [0.15, 0.2) is 0 Å². The van der Waals surface area contributed by atoms with Gasteiger partial charge in [0.1, 0.15) is 11.9 Å². The Bertz CT molecular complexity index is 475. The van der Waals surface area contributed by atoms with Crippen LogP contribution >= 0.6 is 0 Å². The molecule has 0 N–H and O–H groups in total. The summed E-state index contributed by atoms with van der Waals surface area (Å²) in [6.07, 6.45) is 13.2. The zero-order valence-electron chi connectivity index (χ0n) is 16.6. The molecule has 0 radical (unpaired) electrons. The fourth-order valence-corrected chi connectivity index (χ4v) is 5.59. The van der Waals surface area contributed by atoms with E-state index >= 15 is 0 Å². The molecule has 26 heavy (non-hydrogen) atoms. The van der Waals surface area contributed by atoms with Crippen LogP contribution in [0.4, 0.5) is 0 Å². The highest BCUT2D eigenvalue weighted by atomic mass is 16.5. The van der Waals surface area contributed by atoms with Crippen LogP contribution in [0.2, 0.25) is 0 Å². The number of carbonyl (C=O) groups is 2. The standard InChI is InChI=1S/C22H36O4/c1-15(23)16-8-10-18(11-9-16)22(24)26-19-12-13-21(25-2)20(14-19)17-6-4-3-5-7-17/h16-21H,3-14H2,1-2H3. The molecular weight excluding hydrogens is 328 g/mol. The molecule has 0 aromatic carbocycles. The third-order valence-electron chi connectivity index (χ3n) is 7.26. The van der Waals surface area contributed by atoms with E-state index in [1.54, 1.807) is 6.92 Å². The van der Waals surface area contributed by atoms with Crippen molar-refractivity contribution in [3.8, 4) is 0 Å². The van der Waals surface area contributed by atoms with Crippen molar-refractivity contribution < 1.29 is 19.1 Å². The summed E-state index contributed by atoms with van der Waals surface area (Å²) >= 11 is 0. The average Bonchev–Trinajstić information content (AvgIpc) is 2.68. The first-order chi connectivity index (χ1) is 12.6. The molecule has 148 valence electrons. The van der Waals surface area contributed by atoms with E-state index in [2.05, 4.69) is 0 Å². The van der Waals surface area contributed by atoms with E-state index in [0.717, 1.165) is 50.9 Å². The largest absolute Gasteiger partial charge is 0.462 e. The molecule has 0 aromatic heterocycles. The number of esters is 1. The molecule has 3 aliphatic carbocycles. The van der Waals surface area contributed by atoms with E-state index in [-0.39, 0.29) is 29.7 Å². The summed E-state index contributed by atoms with van der Waals surface area (Å²) in [5, 5.41) is 0. The first kappa shape index (κ1) is 19.9. The minimum absolute atomic E-state index is 0.00104. The molecular formula is C22H36O4. The number of carbonyl (C=O) groups excluding carboxylic acids is 2. The maximum Gasteiger partial charge on any atom is 0.309 e. The van der Waals surface area contributed by atoms with Gasteiger partial charge >= 0.3 is 5.97 Å². The topological polar surface area (TPSA) is 52.6 Å². The van der Waals surface area contributed by atoms with Gasteiger partial charge in [0, 0.05) is 13.0 Å². The van der Waals surface area contributed by atoms with Crippen molar-refractivity contribution >= 4 is 11.8 Å². The fraction of sp³-hybridized carbons (Fsp3) is 0.909. The van der Waals surface area contributed by atoms with Crippen molar-refractivity contribution in [1.82, 2.24) is 0 Å². The number of ketones is 1. The molecule has 0 amide bonds. The third-order valence-corrected chi connectivity index (χ3v) is 7.26. The van der Waals surface area contributed by atoms with Crippen molar-refractivity contribution in [3.63, 3.8) is 0 Å². The Morgan fingerprint density at radius 1 is 0.808 bits per heavy atom. The summed E-state index contributed by atoms with van der Waals surface area (Å²) in [5.74, 6) is 1.69. The lowest BCUT2D eigenvalue weighted by atomic mass is 9.71. The van der Waals surface area contributed by atoms with Crippen LogP contribution in [0, 0.1) is 23.7 Å². The summed E-state index contributed by atoms with van der Waals surface area (Å²) in [7, 11) is 1.83. The van der Waals surface area contributed by atoms with Crippen LogP contribution in [0.5, 0.6) is 0 Å². The summed E-state index contributed by atoms with van der Waals surface area (Å²) in [6.45, 7) is 1.67. The molecule has 0 bridgehead atoms. The van der Waals surface area contributed by atoms with E-state index in [9.17, 15) is 9.59 Å². The van der Waals surface area contributed by atoms with Gasteiger partial charge in [-0.1, -0.05) is 32.1 Å². The van der Waals surface area contributed by atoms with Crippen molar-refractivity contribution in [3.05, 3.63) is 0 Å². The van der Waals surface area contributed by atoms with Gasteiger partial charge in [0.25, 0.3) is 0 Å². The molecule has 0 aliphatic heterocycles. The first-order valence-corrected chi connectivity index (χ1v) is 10.8. The van der Waals surface area contributed by atoms with E-state index in [1.165, 1.54) is 32.1 Å². The smallest absolute Gasteiger partial charge is 0.309 e. The molecule has 0 aromatic rings. The number of Topliss-reactive ketones (excluding diaryl/α,β-unsaturated/α-hetero) is 1. The zero-order valence-corrected chi connectivity index (χ0v) is 16.6. The predicted octanol–water partition coefficient (Wildman–Crippen LogP) is 4.69. The molecule has 4 heteroatoms. The van der Waals surface area contributed by atoms with Crippen molar-refractivity contribution in [2.45, 2.75) is 96.2 Å². The molecule has 0 spiro atoms. The fourth-order valence-electron chi connectivity index (χ4n) is 5.59. The van der Waals surface area contributed by atoms with Crippen LogP contribution < -0.4 is 0 Å². The Labute approximate surface area is 158 Å². The maximum absolute atomic E-state index is 12.6. The summed E-state index contributed by atoms with van der Waals surface area (Å²) in [5.41, 5.74) is 0. The highest BCUT2D eigenvalue weighted by molar-refractivity contribution is 5.79. The van der Waals surface area contributed by atoms with Crippen LogP contribution in [-0.4, -0.2) is 31.1 Å². The molecule has 0 saturated heterocycles. The Balaban J connectivity index is 1.51. The van der Waals surface area contributed by atoms with Crippen LogP contribution in [0.1, 0.15) is 84.0 Å². The van der Waals surface area contributed by atoms with Crippen molar-refractivity contribution in [2.24, 2.45) is 23.7 Å². The van der Waals surface area contributed by atoms with Crippen LogP contribution in [0.15, 0.2) is 0 Å². The lowest BCUT2D eigenvalue weighted by Gasteiger charge is -2.41. The number of methoxy groups -OCH3 is 1. The second-order valence-corrected chi connectivity index (χ2v) is 8.87. The van der Waals surface area contributed by atoms with Crippen LogP contribution in [0.3, 0.4) is 0 Å². The van der Waals surface area contributed by atoms with Gasteiger partial charge in [-0.05, 0) is 63.7 Å². The van der Waals surface area contributed by atoms with Gasteiger partial charge in [0.05, 0.1) is 12.0 Å². The number of rotatable bonds is 5. The second kappa shape index (κ2) is 9.34. The minimum atomic E-state index is -0.0183. The van der Waals surface area contributed by atoms with E-state index < -0.39 is 0 Å². The molecule has 3 atom stereocenters. The molecule has 4 nitrogen and oxygen atoms in total. The first-order valence-electron chi connectivity index (χ1n) is 10.8. The lowest BCUT2D eigenvalue weighted by molar-refractivity contribution is -0.161. The molecule has 3 fully saturated rings. The van der Waals surface area contributed by atoms with E-state index in [1.807, 2.05) is 7.11 Å². The quantitative estimate of drug-likeness (QED) is 0.664. The average molecular weight is 365 g/mol. The molecule has 3 rings (SSSR count).